The molecule has 0 spiro atoms. The highest BCUT2D eigenvalue weighted by Crippen LogP contribution is 2.48. The Kier molecular flexibility index (Phi) is 2.76. The number of hydrogen-bond acceptors (Lipinski definition) is 1. The van der Waals surface area contributed by atoms with Gasteiger partial charge >= 0.3 is 0 Å². The van der Waals surface area contributed by atoms with E-state index in [1.807, 2.05) is 6.92 Å². The van der Waals surface area contributed by atoms with Crippen LogP contribution in [0.2, 0.25) is 0 Å². The van der Waals surface area contributed by atoms with E-state index in [1.165, 1.54) is 25.7 Å². The Labute approximate surface area is 86.6 Å². The van der Waals surface area contributed by atoms with Crippen LogP contribution < -0.4 is 0 Å². The number of carbonyl (C=O) groups excluding carboxylic acids is 1. The monoisotopic (exact) mass is 192 g/mol. The first-order valence-corrected chi connectivity index (χ1v) is 5.84. The molecule has 0 saturated heterocycles. The summed E-state index contributed by atoms with van der Waals surface area (Å²) in [6.07, 6.45) is 6.86. The van der Waals surface area contributed by atoms with Crippen molar-refractivity contribution >= 4 is 5.78 Å². The van der Waals surface area contributed by atoms with Crippen LogP contribution in [0.25, 0.3) is 0 Å². The molecule has 0 heterocycles. The number of ketones is 1. The summed E-state index contributed by atoms with van der Waals surface area (Å²) in [4.78, 5) is 11.9. The molecule has 2 rings (SSSR count). The van der Waals surface area contributed by atoms with Crippen molar-refractivity contribution in [2.75, 3.05) is 0 Å². The Balaban J connectivity index is 1.84. The van der Waals surface area contributed by atoms with Gasteiger partial charge in [0, 0.05) is 12.3 Å². The molecule has 3 unspecified atom stereocenters. The Bertz CT molecular complexity index is 254. The van der Waals surface area contributed by atoms with E-state index in [2.05, 4.69) is 6.58 Å². The summed E-state index contributed by atoms with van der Waals surface area (Å²) in [5.74, 6) is 2.57. The topological polar surface area (TPSA) is 17.1 Å². The highest BCUT2D eigenvalue weighted by molar-refractivity contribution is 5.82. The smallest absolute Gasteiger partial charge is 0.136 e. The van der Waals surface area contributed by atoms with Gasteiger partial charge in [-0.05, 0) is 44.4 Å². The van der Waals surface area contributed by atoms with E-state index < -0.39 is 0 Å². The summed E-state index contributed by atoms with van der Waals surface area (Å²) < 4.78 is 0. The van der Waals surface area contributed by atoms with Crippen molar-refractivity contribution in [3.63, 3.8) is 0 Å². The lowest BCUT2D eigenvalue weighted by atomic mass is 9.84. The molecule has 2 aliphatic rings. The summed E-state index contributed by atoms with van der Waals surface area (Å²) in [7, 11) is 0. The average Bonchev–Trinajstić information content (AvgIpc) is 2.74. The molecule has 0 aromatic heterocycles. The second-order valence-electron chi connectivity index (χ2n) is 5.20. The fourth-order valence-corrected chi connectivity index (χ4v) is 3.16. The normalized spacial score (nSPS) is 34.8. The van der Waals surface area contributed by atoms with Crippen LogP contribution >= 0.6 is 0 Å². The molecular weight excluding hydrogens is 172 g/mol. The predicted molar refractivity (Wildman–Crippen MR) is 58.0 cm³/mol. The second-order valence-corrected chi connectivity index (χ2v) is 5.20. The van der Waals surface area contributed by atoms with Gasteiger partial charge in [-0.25, -0.2) is 0 Å². The van der Waals surface area contributed by atoms with Gasteiger partial charge in [0.15, 0.2) is 0 Å². The quantitative estimate of drug-likeness (QED) is 0.624. The molecule has 0 aliphatic heterocycles. The van der Waals surface area contributed by atoms with Crippen LogP contribution in [-0.4, -0.2) is 5.78 Å². The van der Waals surface area contributed by atoms with Gasteiger partial charge in [-0.15, -0.1) is 6.58 Å². The summed E-state index contributed by atoms with van der Waals surface area (Å²) in [6, 6.07) is 0. The lowest BCUT2D eigenvalue weighted by molar-refractivity contribution is -0.124. The Morgan fingerprint density at radius 1 is 1.29 bits per heavy atom. The molecule has 0 aromatic carbocycles. The van der Waals surface area contributed by atoms with Crippen molar-refractivity contribution in [2.24, 2.45) is 17.8 Å². The molecule has 2 fully saturated rings. The van der Waals surface area contributed by atoms with Crippen molar-refractivity contribution in [1.82, 2.24) is 0 Å². The predicted octanol–water partition coefficient (Wildman–Crippen LogP) is 3.35. The molecule has 1 heteroatoms. The third kappa shape index (κ3) is 1.92. The van der Waals surface area contributed by atoms with E-state index in [0.717, 1.165) is 30.3 Å². The minimum Gasteiger partial charge on any atom is -0.299 e. The molecule has 78 valence electrons. The minimum absolute atomic E-state index is 0.424. The van der Waals surface area contributed by atoms with E-state index >= 15 is 0 Å². The zero-order valence-corrected chi connectivity index (χ0v) is 9.09. The Hall–Kier alpha value is -0.590. The van der Waals surface area contributed by atoms with Crippen LogP contribution in [0.5, 0.6) is 0 Å². The molecule has 0 N–H and O–H groups in total. The fraction of sp³-hybridized carbons (Fsp3) is 0.769. The number of allylic oxidation sites excluding steroid dienone is 1. The van der Waals surface area contributed by atoms with Gasteiger partial charge in [0.05, 0.1) is 0 Å². The van der Waals surface area contributed by atoms with Gasteiger partial charge in [0.25, 0.3) is 0 Å². The maximum absolute atomic E-state index is 11.9. The van der Waals surface area contributed by atoms with Crippen LogP contribution in [-0.2, 0) is 4.79 Å². The van der Waals surface area contributed by atoms with Gasteiger partial charge in [0.2, 0.25) is 0 Å². The zero-order chi connectivity index (χ0) is 10.1. The highest BCUT2D eigenvalue weighted by Gasteiger charge is 2.42. The number of carbonyl (C=O) groups is 1. The maximum Gasteiger partial charge on any atom is 0.136 e. The molecule has 0 amide bonds. The summed E-state index contributed by atoms with van der Waals surface area (Å²) in [5, 5.41) is 0. The lowest BCUT2D eigenvalue weighted by Crippen LogP contribution is -2.20. The average molecular weight is 192 g/mol. The third-order valence-corrected chi connectivity index (χ3v) is 3.95. The van der Waals surface area contributed by atoms with E-state index in [9.17, 15) is 4.79 Å². The van der Waals surface area contributed by atoms with Crippen LogP contribution in [0.15, 0.2) is 12.2 Å². The van der Waals surface area contributed by atoms with E-state index in [1.54, 1.807) is 0 Å². The largest absolute Gasteiger partial charge is 0.299 e. The summed E-state index contributed by atoms with van der Waals surface area (Å²) in [5.41, 5.74) is 1.14. The van der Waals surface area contributed by atoms with Gasteiger partial charge in [0.1, 0.15) is 5.78 Å². The van der Waals surface area contributed by atoms with Crippen molar-refractivity contribution < 1.29 is 4.79 Å². The van der Waals surface area contributed by atoms with Gasteiger partial charge in [-0.3, -0.25) is 4.79 Å². The van der Waals surface area contributed by atoms with Crippen LogP contribution in [0.3, 0.4) is 0 Å². The van der Waals surface area contributed by atoms with Crippen molar-refractivity contribution in [3.05, 3.63) is 12.2 Å². The van der Waals surface area contributed by atoms with E-state index in [4.69, 9.17) is 0 Å². The third-order valence-electron chi connectivity index (χ3n) is 3.95. The molecule has 2 bridgehead atoms. The summed E-state index contributed by atoms with van der Waals surface area (Å²) in [6.45, 7) is 5.86. The standard InChI is InChI=1S/C13H20O/c1-9(2)3-6-13(14)12-8-10-4-5-11(12)7-10/h10-12H,1,3-8H2,2H3. The minimum atomic E-state index is 0.424. The maximum atomic E-state index is 11.9. The SMILES string of the molecule is C=C(C)CCC(=O)C1CC2CCC1C2. The first kappa shape index (κ1) is 9.95. The number of fused-ring (bicyclic) bond motifs is 2. The fourth-order valence-electron chi connectivity index (χ4n) is 3.16. The van der Waals surface area contributed by atoms with Crippen LogP contribution in [0.1, 0.15) is 45.4 Å². The number of rotatable bonds is 4. The molecule has 0 aromatic rings. The number of hydrogen-bond donors (Lipinski definition) is 0. The Morgan fingerprint density at radius 2 is 2.07 bits per heavy atom. The Morgan fingerprint density at radius 3 is 2.57 bits per heavy atom. The first-order chi connectivity index (χ1) is 6.66. The van der Waals surface area contributed by atoms with Gasteiger partial charge < -0.3 is 0 Å². The molecule has 0 radical (unpaired) electrons. The summed E-state index contributed by atoms with van der Waals surface area (Å²) >= 11 is 0. The lowest BCUT2D eigenvalue weighted by Gasteiger charge is -2.20. The van der Waals surface area contributed by atoms with Gasteiger partial charge in [-0.2, -0.15) is 0 Å². The van der Waals surface area contributed by atoms with E-state index in [0.29, 0.717) is 11.7 Å². The molecule has 14 heavy (non-hydrogen) atoms. The molecular formula is C13H20O. The molecule has 1 nitrogen and oxygen atoms in total. The first-order valence-electron chi connectivity index (χ1n) is 5.84. The molecule has 2 saturated carbocycles. The van der Waals surface area contributed by atoms with Crippen molar-refractivity contribution in [3.8, 4) is 0 Å². The van der Waals surface area contributed by atoms with Crippen LogP contribution in [0, 0.1) is 17.8 Å². The molecule has 3 atom stereocenters. The van der Waals surface area contributed by atoms with Gasteiger partial charge in [-0.1, -0.05) is 12.0 Å². The number of Topliss-reactive ketones (excluding diaryl/α,β-unsaturated/α-hetero) is 1. The zero-order valence-electron chi connectivity index (χ0n) is 9.09. The van der Waals surface area contributed by atoms with E-state index in [-0.39, 0.29) is 0 Å². The van der Waals surface area contributed by atoms with Crippen molar-refractivity contribution in [2.45, 2.75) is 45.4 Å². The van der Waals surface area contributed by atoms with Crippen molar-refractivity contribution in [1.29, 1.82) is 0 Å². The highest BCUT2D eigenvalue weighted by atomic mass is 16.1. The second kappa shape index (κ2) is 3.88. The molecule has 2 aliphatic carbocycles. The van der Waals surface area contributed by atoms with Crippen LogP contribution in [0.4, 0.5) is 0 Å².